The molecule has 0 spiro atoms. The molecule has 2 aromatic rings. The number of pyridine rings is 1. The summed E-state index contributed by atoms with van der Waals surface area (Å²) in [7, 11) is 0. The number of aliphatic hydroxyl groups excluding tert-OH is 1. The van der Waals surface area contributed by atoms with Crippen molar-refractivity contribution in [2.24, 2.45) is 0 Å². The van der Waals surface area contributed by atoms with Crippen LogP contribution in [0.5, 0.6) is 0 Å². The average Bonchev–Trinajstić information content (AvgIpc) is 2.81. The molecule has 0 bridgehead atoms. The van der Waals surface area contributed by atoms with Gasteiger partial charge in [0.25, 0.3) is 0 Å². The van der Waals surface area contributed by atoms with Gasteiger partial charge in [-0.25, -0.2) is 0 Å². The molecule has 0 radical (unpaired) electrons. The molecule has 0 fully saturated rings. The third-order valence-electron chi connectivity index (χ3n) is 3.26. The van der Waals surface area contributed by atoms with Gasteiger partial charge in [-0.05, 0) is 44.0 Å². The maximum atomic E-state index is 10.3. The van der Waals surface area contributed by atoms with Gasteiger partial charge in [-0.3, -0.25) is 9.67 Å². The lowest BCUT2D eigenvalue weighted by molar-refractivity contribution is 0.170. The van der Waals surface area contributed by atoms with Gasteiger partial charge in [-0.1, -0.05) is 6.92 Å². The quantitative estimate of drug-likeness (QED) is 0.897. The Bertz CT molecular complexity index is 548. The maximum Gasteiger partial charge on any atom is 0.101 e. The highest BCUT2D eigenvalue weighted by molar-refractivity contribution is 5.19. The summed E-state index contributed by atoms with van der Waals surface area (Å²) in [5.74, 6) is 0. The molecule has 0 aliphatic heterocycles. The van der Waals surface area contributed by atoms with Gasteiger partial charge in [0.05, 0.1) is 11.4 Å². The van der Waals surface area contributed by atoms with Gasteiger partial charge in [0.1, 0.15) is 6.10 Å². The van der Waals surface area contributed by atoms with Crippen molar-refractivity contribution in [2.75, 3.05) is 0 Å². The minimum atomic E-state index is -0.577. The number of aliphatic hydroxyl groups is 1. The Hall–Kier alpha value is -1.68. The van der Waals surface area contributed by atoms with E-state index in [-0.39, 0.29) is 0 Å². The summed E-state index contributed by atoms with van der Waals surface area (Å²) in [4.78, 5) is 4.24. The van der Waals surface area contributed by atoms with Crippen LogP contribution in [-0.4, -0.2) is 19.9 Å². The van der Waals surface area contributed by atoms with Crippen molar-refractivity contribution in [1.29, 1.82) is 0 Å². The van der Waals surface area contributed by atoms with Crippen molar-refractivity contribution in [3.63, 3.8) is 0 Å². The van der Waals surface area contributed by atoms with Crippen LogP contribution in [0, 0.1) is 6.92 Å². The maximum absolute atomic E-state index is 10.3. The molecule has 2 aromatic heterocycles. The van der Waals surface area contributed by atoms with Gasteiger partial charge in [0.15, 0.2) is 0 Å². The SMILES string of the molecule is CCc1cc(CC(O)c2cc(C)ccn2)n(CC)n1. The van der Waals surface area contributed by atoms with Crippen LogP contribution in [0.4, 0.5) is 0 Å². The molecule has 0 saturated carbocycles. The molecule has 1 N–H and O–H groups in total. The molecule has 4 heteroatoms. The average molecular weight is 259 g/mol. The van der Waals surface area contributed by atoms with E-state index >= 15 is 0 Å². The molecule has 19 heavy (non-hydrogen) atoms. The Balaban J connectivity index is 2.18. The molecule has 0 aliphatic rings. The molecule has 1 atom stereocenters. The third kappa shape index (κ3) is 3.20. The Labute approximate surface area is 114 Å². The zero-order chi connectivity index (χ0) is 13.8. The Morgan fingerprint density at radius 1 is 1.32 bits per heavy atom. The second-order valence-electron chi connectivity index (χ2n) is 4.77. The fourth-order valence-corrected chi connectivity index (χ4v) is 2.17. The molecule has 0 aliphatic carbocycles. The summed E-state index contributed by atoms with van der Waals surface area (Å²) in [5, 5.41) is 14.8. The first-order chi connectivity index (χ1) is 9.13. The second-order valence-corrected chi connectivity index (χ2v) is 4.77. The minimum Gasteiger partial charge on any atom is -0.386 e. The monoisotopic (exact) mass is 259 g/mol. The van der Waals surface area contributed by atoms with E-state index in [0.29, 0.717) is 6.42 Å². The number of rotatable bonds is 5. The highest BCUT2D eigenvalue weighted by Gasteiger charge is 2.14. The van der Waals surface area contributed by atoms with Crippen LogP contribution in [0.3, 0.4) is 0 Å². The summed E-state index contributed by atoms with van der Waals surface area (Å²) < 4.78 is 1.96. The fourth-order valence-electron chi connectivity index (χ4n) is 2.17. The first kappa shape index (κ1) is 13.7. The molecule has 2 heterocycles. The molecule has 0 saturated heterocycles. The largest absolute Gasteiger partial charge is 0.386 e. The number of hydrogen-bond acceptors (Lipinski definition) is 3. The van der Waals surface area contributed by atoms with Crippen LogP contribution in [0.1, 0.15) is 42.6 Å². The van der Waals surface area contributed by atoms with Crippen molar-refractivity contribution in [1.82, 2.24) is 14.8 Å². The van der Waals surface area contributed by atoms with E-state index in [2.05, 4.69) is 30.0 Å². The zero-order valence-electron chi connectivity index (χ0n) is 11.8. The number of nitrogens with zero attached hydrogens (tertiary/aromatic N) is 3. The Morgan fingerprint density at radius 3 is 2.74 bits per heavy atom. The molecule has 1 unspecified atom stereocenters. The first-order valence-corrected chi connectivity index (χ1v) is 6.80. The number of aromatic nitrogens is 3. The van der Waals surface area contributed by atoms with Crippen molar-refractivity contribution >= 4 is 0 Å². The van der Waals surface area contributed by atoms with Crippen molar-refractivity contribution in [3.05, 3.63) is 47.0 Å². The lowest BCUT2D eigenvalue weighted by Crippen LogP contribution is -2.09. The molecular weight excluding hydrogens is 238 g/mol. The highest BCUT2D eigenvalue weighted by atomic mass is 16.3. The van der Waals surface area contributed by atoms with Gasteiger partial charge in [0.2, 0.25) is 0 Å². The van der Waals surface area contributed by atoms with Crippen LogP contribution in [0.2, 0.25) is 0 Å². The molecule has 2 rings (SSSR count). The second kappa shape index (κ2) is 5.97. The van der Waals surface area contributed by atoms with Gasteiger partial charge in [-0.15, -0.1) is 0 Å². The summed E-state index contributed by atoms with van der Waals surface area (Å²) >= 11 is 0. The van der Waals surface area contributed by atoms with Crippen molar-refractivity contribution < 1.29 is 5.11 Å². The first-order valence-electron chi connectivity index (χ1n) is 6.80. The standard InChI is InChI=1S/C15H21N3O/c1-4-12-9-13(18(5-2)17-12)10-15(19)14-8-11(3)6-7-16-14/h6-9,15,19H,4-5,10H2,1-3H3. The fraction of sp³-hybridized carbons (Fsp3) is 0.467. The summed E-state index contributed by atoms with van der Waals surface area (Å²) in [6.45, 7) is 6.98. The van der Waals surface area contributed by atoms with E-state index in [1.807, 2.05) is 23.7 Å². The normalized spacial score (nSPS) is 12.6. The molecule has 0 aromatic carbocycles. The van der Waals surface area contributed by atoms with Crippen LogP contribution >= 0.6 is 0 Å². The number of hydrogen-bond donors (Lipinski definition) is 1. The van der Waals surface area contributed by atoms with Crippen molar-refractivity contribution in [3.8, 4) is 0 Å². The summed E-state index contributed by atoms with van der Waals surface area (Å²) in [6, 6.07) is 5.93. The molecular formula is C15H21N3O. The molecule has 0 amide bonds. The lowest BCUT2D eigenvalue weighted by Gasteiger charge is -2.11. The van der Waals surface area contributed by atoms with Crippen LogP contribution in [0.25, 0.3) is 0 Å². The summed E-state index contributed by atoms with van der Waals surface area (Å²) in [5.41, 5.74) is 3.97. The smallest absolute Gasteiger partial charge is 0.101 e. The molecule has 4 nitrogen and oxygen atoms in total. The van der Waals surface area contributed by atoms with Crippen LogP contribution in [-0.2, 0) is 19.4 Å². The van der Waals surface area contributed by atoms with Gasteiger partial charge >= 0.3 is 0 Å². The zero-order valence-corrected chi connectivity index (χ0v) is 11.8. The van der Waals surface area contributed by atoms with E-state index in [1.165, 1.54) is 0 Å². The van der Waals surface area contributed by atoms with E-state index in [0.717, 1.165) is 35.6 Å². The minimum absolute atomic E-state index is 0.553. The highest BCUT2D eigenvalue weighted by Crippen LogP contribution is 2.18. The van der Waals surface area contributed by atoms with E-state index < -0.39 is 6.10 Å². The summed E-state index contributed by atoms with van der Waals surface area (Å²) in [6.07, 6.45) is 2.63. The van der Waals surface area contributed by atoms with E-state index in [1.54, 1.807) is 6.20 Å². The van der Waals surface area contributed by atoms with Gasteiger partial charge in [-0.2, -0.15) is 5.10 Å². The van der Waals surface area contributed by atoms with Gasteiger partial charge in [0, 0.05) is 24.9 Å². The third-order valence-corrected chi connectivity index (χ3v) is 3.26. The van der Waals surface area contributed by atoms with Gasteiger partial charge < -0.3 is 5.11 Å². The van der Waals surface area contributed by atoms with Crippen LogP contribution in [0.15, 0.2) is 24.4 Å². The topological polar surface area (TPSA) is 50.9 Å². The predicted molar refractivity (Wildman–Crippen MR) is 74.9 cm³/mol. The Morgan fingerprint density at radius 2 is 2.11 bits per heavy atom. The lowest BCUT2D eigenvalue weighted by atomic mass is 10.1. The Kier molecular flexibility index (Phi) is 4.32. The predicted octanol–water partition coefficient (Wildman–Crippen LogP) is 2.44. The number of aryl methyl sites for hydroxylation is 3. The molecule has 102 valence electrons. The van der Waals surface area contributed by atoms with E-state index in [4.69, 9.17) is 0 Å². The van der Waals surface area contributed by atoms with E-state index in [9.17, 15) is 5.11 Å². The van der Waals surface area contributed by atoms with Crippen molar-refractivity contribution in [2.45, 2.75) is 46.3 Å². The van der Waals surface area contributed by atoms with Crippen LogP contribution < -0.4 is 0 Å².